The van der Waals surface area contributed by atoms with E-state index in [1.54, 1.807) is 24.3 Å². The molecule has 0 aliphatic carbocycles. The molecule has 4 aromatic rings. The minimum atomic E-state index is -0.634. The number of carbonyl (C=O) groups is 2. The molecule has 4 aromatic carbocycles. The second-order valence-electron chi connectivity index (χ2n) is 7.23. The first-order chi connectivity index (χ1) is 15.9. The molecule has 0 radical (unpaired) electrons. The molecule has 0 heterocycles. The van der Waals surface area contributed by atoms with Crippen molar-refractivity contribution in [3.8, 4) is 5.75 Å². The Morgan fingerprint density at radius 2 is 1.67 bits per heavy atom. The van der Waals surface area contributed by atoms with Gasteiger partial charge in [0.1, 0.15) is 5.75 Å². The van der Waals surface area contributed by atoms with Crippen LogP contribution in [-0.4, -0.2) is 18.1 Å². The summed E-state index contributed by atoms with van der Waals surface area (Å²) in [5.74, 6) is -0.694. The Morgan fingerprint density at radius 3 is 2.45 bits per heavy atom. The van der Waals surface area contributed by atoms with Gasteiger partial charge in [0.15, 0.2) is 0 Å². The first-order valence-corrected chi connectivity index (χ1v) is 10.8. The third-order valence-corrected chi connectivity index (χ3v) is 5.58. The van der Waals surface area contributed by atoms with Crippen molar-refractivity contribution in [3.05, 3.63) is 111 Å². The van der Waals surface area contributed by atoms with Crippen LogP contribution in [0.15, 0.2) is 84.0 Å². The van der Waals surface area contributed by atoms with Gasteiger partial charge in [0.05, 0.1) is 16.8 Å². The van der Waals surface area contributed by atoms with Crippen LogP contribution >= 0.6 is 23.2 Å². The summed E-state index contributed by atoms with van der Waals surface area (Å²) in [4.78, 5) is 25.3. The average molecular weight is 477 g/mol. The van der Waals surface area contributed by atoms with E-state index in [1.807, 2.05) is 49.4 Å². The van der Waals surface area contributed by atoms with Crippen molar-refractivity contribution in [2.24, 2.45) is 5.10 Å². The highest BCUT2D eigenvalue weighted by Gasteiger charge is 2.16. The van der Waals surface area contributed by atoms with Gasteiger partial charge in [-0.1, -0.05) is 71.7 Å². The van der Waals surface area contributed by atoms with Crippen molar-refractivity contribution in [2.45, 2.75) is 6.92 Å². The molecule has 5 nitrogen and oxygen atoms in total. The normalized spacial score (nSPS) is 11.0. The summed E-state index contributed by atoms with van der Waals surface area (Å²) < 4.78 is 5.65. The van der Waals surface area contributed by atoms with Crippen LogP contribution in [0.5, 0.6) is 5.75 Å². The number of rotatable bonds is 5. The van der Waals surface area contributed by atoms with E-state index in [9.17, 15) is 9.59 Å². The van der Waals surface area contributed by atoms with Gasteiger partial charge in [-0.05, 0) is 53.6 Å². The zero-order valence-electron chi connectivity index (χ0n) is 17.5. The summed E-state index contributed by atoms with van der Waals surface area (Å²) in [6, 6.07) is 22.9. The summed E-state index contributed by atoms with van der Waals surface area (Å²) in [5, 5.41) is 6.45. The van der Waals surface area contributed by atoms with Gasteiger partial charge in [0.25, 0.3) is 5.91 Å². The number of hydrogen-bond acceptors (Lipinski definition) is 4. The zero-order valence-corrected chi connectivity index (χ0v) is 19.0. The molecule has 0 atom stereocenters. The van der Waals surface area contributed by atoms with Gasteiger partial charge >= 0.3 is 5.97 Å². The average Bonchev–Trinajstić information content (AvgIpc) is 2.80. The Bertz CT molecular complexity index is 1400. The Balaban J connectivity index is 1.65. The van der Waals surface area contributed by atoms with E-state index in [-0.39, 0.29) is 22.2 Å². The zero-order chi connectivity index (χ0) is 23.4. The quantitative estimate of drug-likeness (QED) is 0.156. The van der Waals surface area contributed by atoms with Gasteiger partial charge in [0, 0.05) is 16.1 Å². The largest absolute Gasteiger partial charge is 0.422 e. The number of halogens is 2. The maximum absolute atomic E-state index is 12.8. The Kier molecular flexibility index (Phi) is 6.73. The molecule has 0 spiro atoms. The van der Waals surface area contributed by atoms with Gasteiger partial charge in [0.2, 0.25) is 0 Å². The van der Waals surface area contributed by atoms with Gasteiger partial charge in [-0.3, -0.25) is 4.79 Å². The second kappa shape index (κ2) is 9.86. The Morgan fingerprint density at radius 1 is 0.909 bits per heavy atom. The summed E-state index contributed by atoms with van der Waals surface area (Å²) in [7, 11) is 0. The van der Waals surface area contributed by atoms with Crippen LogP contribution in [0.1, 0.15) is 31.8 Å². The predicted molar refractivity (Wildman–Crippen MR) is 132 cm³/mol. The van der Waals surface area contributed by atoms with Gasteiger partial charge < -0.3 is 4.74 Å². The number of esters is 1. The summed E-state index contributed by atoms with van der Waals surface area (Å²) in [6.07, 6.45) is 1.46. The van der Waals surface area contributed by atoms with Crippen LogP contribution in [0.2, 0.25) is 10.0 Å². The van der Waals surface area contributed by atoms with Crippen LogP contribution in [-0.2, 0) is 0 Å². The number of carbonyl (C=O) groups excluding carboxylic acids is 2. The number of hydrazone groups is 1. The maximum atomic E-state index is 12.8. The smallest absolute Gasteiger partial charge is 0.345 e. The van der Waals surface area contributed by atoms with Crippen molar-refractivity contribution in [2.75, 3.05) is 0 Å². The number of fused-ring (bicyclic) bond motifs is 1. The molecule has 0 bridgehead atoms. The molecule has 1 amide bonds. The van der Waals surface area contributed by atoms with Crippen molar-refractivity contribution in [3.63, 3.8) is 0 Å². The molecule has 0 fully saturated rings. The van der Waals surface area contributed by atoms with Gasteiger partial charge in [-0.15, -0.1) is 0 Å². The number of ether oxygens (including phenoxy) is 1. The van der Waals surface area contributed by atoms with Crippen LogP contribution in [0.3, 0.4) is 0 Å². The van der Waals surface area contributed by atoms with Crippen molar-refractivity contribution >= 4 is 52.1 Å². The molecular formula is C26H18Cl2N2O3. The minimum Gasteiger partial charge on any atom is -0.422 e. The molecule has 33 heavy (non-hydrogen) atoms. The number of nitrogens with one attached hydrogen (secondary N) is 1. The van der Waals surface area contributed by atoms with E-state index in [1.165, 1.54) is 18.3 Å². The lowest BCUT2D eigenvalue weighted by molar-refractivity contribution is 0.0734. The first kappa shape index (κ1) is 22.5. The van der Waals surface area contributed by atoms with Crippen LogP contribution < -0.4 is 10.2 Å². The lowest BCUT2D eigenvalue weighted by Crippen LogP contribution is -2.18. The minimum absolute atomic E-state index is 0.185. The molecule has 164 valence electrons. The molecule has 1 N–H and O–H groups in total. The molecule has 0 aromatic heterocycles. The molecule has 7 heteroatoms. The number of nitrogens with zero attached hydrogens (tertiary/aromatic N) is 1. The number of hydrogen-bond donors (Lipinski definition) is 1. The fourth-order valence-electron chi connectivity index (χ4n) is 3.35. The maximum Gasteiger partial charge on any atom is 0.345 e. The molecule has 0 saturated carbocycles. The number of amides is 1. The standard InChI is InChI=1S/C26H18Cl2N2O3/c1-16-6-2-4-8-19(16)25(31)30-29-15-22-20-9-5-3-7-17(20)10-13-24(22)33-26(32)21-12-11-18(27)14-23(21)28/h2-15H,1H3,(H,30,31)/b29-15+. The molecule has 0 aliphatic rings. The third-order valence-electron chi connectivity index (χ3n) is 5.03. The topological polar surface area (TPSA) is 67.8 Å². The molecule has 4 rings (SSSR count). The predicted octanol–water partition coefficient (Wildman–Crippen LogP) is 6.44. The molecule has 0 unspecified atom stereocenters. The highest BCUT2D eigenvalue weighted by Crippen LogP contribution is 2.29. The SMILES string of the molecule is Cc1ccccc1C(=O)N/N=C/c1c(OC(=O)c2ccc(Cl)cc2Cl)ccc2ccccc12. The highest BCUT2D eigenvalue weighted by atomic mass is 35.5. The van der Waals surface area contributed by atoms with E-state index < -0.39 is 5.97 Å². The summed E-state index contributed by atoms with van der Waals surface area (Å²) in [5.41, 5.74) is 4.62. The van der Waals surface area contributed by atoms with E-state index in [4.69, 9.17) is 27.9 Å². The first-order valence-electron chi connectivity index (χ1n) is 10.0. The van der Waals surface area contributed by atoms with Gasteiger partial charge in [-0.2, -0.15) is 5.10 Å². The van der Waals surface area contributed by atoms with Gasteiger partial charge in [-0.25, -0.2) is 10.2 Å². The van der Waals surface area contributed by atoms with Crippen LogP contribution in [0, 0.1) is 6.92 Å². The monoisotopic (exact) mass is 476 g/mol. The van der Waals surface area contributed by atoms with Crippen LogP contribution in [0.25, 0.3) is 10.8 Å². The number of aryl methyl sites for hydroxylation is 1. The summed E-state index contributed by atoms with van der Waals surface area (Å²) in [6.45, 7) is 1.85. The Labute approximate surface area is 200 Å². The van der Waals surface area contributed by atoms with Crippen molar-refractivity contribution in [1.29, 1.82) is 0 Å². The van der Waals surface area contributed by atoms with E-state index in [0.29, 0.717) is 16.1 Å². The fraction of sp³-hybridized carbons (Fsp3) is 0.0385. The second-order valence-corrected chi connectivity index (χ2v) is 8.07. The van der Waals surface area contributed by atoms with Crippen molar-refractivity contribution in [1.82, 2.24) is 5.43 Å². The third kappa shape index (κ3) is 5.06. The highest BCUT2D eigenvalue weighted by molar-refractivity contribution is 6.36. The van der Waals surface area contributed by atoms with E-state index >= 15 is 0 Å². The number of benzene rings is 4. The molecule has 0 aliphatic heterocycles. The fourth-order valence-corrected chi connectivity index (χ4v) is 3.84. The Hall–Kier alpha value is -3.67. The van der Waals surface area contributed by atoms with Crippen molar-refractivity contribution < 1.29 is 14.3 Å². The lowest BCUT2D eigenvalue weighted by atomic mass is 10.0. The summed E-state index contributed by atoms with van der Waals surface area (Å²) >= 11 is 12.1. The lowest BCUT2D eigenvalue weighted by Gasteiger charge is -2.11. The van der Waals surface area contributed by atoms with E-state index in [2.05, 4.69) is 10.5 Å². The molecule has 0 saturated heterocycles. The molecular weight excluding hydrogens is 459 g/mol. The van der Waals surface area contributed by atoms with E-state index in [0.717, 1.165) is 16.3 Å². The van der Waals surface area contributed by atoms with Crippen LogP contribution in [0.4, 0.5) is 0 Å².